The van der Waals surface area contributed by atoms with E-state index in [-0.39, 0.29) is 40.4 Å². The first-order valence-corrected chi connectivity index (χ1v) is 13.6. The molecule has 1 saturated carbocycles. The van der Waals surface area contributed by atoms with Crippen molar-refractivity contribution in [3.63, 3.8) is 0 Å². The minimum Gasteiger partial charge on any atom is -0.506 e. The Hall–Kier alpha value is -3.75. The summed E-state index contributed by atoms with van der Waals surface area (Å²) in [5.41, 5.74) is 10.1. The van der Waals surface area contributed by atoms with Crippen LogP contribution in [0.4, 0.5) is 14.5 Å². The summed E-state index contributed by atoms with van der Waals surface area (Å²) < 4.78 is 30.8. The van der Waals surface area contributed by atoms with Crippen LogP contribution in [0, 0.1) is 0 Å². The largest absolute Gasteiger partial charge is 0.506 e. The van der Waals surface area contributed by atoms with Gasteiger partial charge in [0.2, 0.25) is 0 Å². The van der Waals surface area contributed by atoms with E-state index in [2.05, 4.69) is 24.6 Å². The zero-order valence-electron chi connectivity index (χ0n) is 22.3. The second-order valence-electron chi connectivity index (χ2n) is 11.3. The highest BCUT2D eigenvalue weighted by Gasteiger charge is 2.41. The number of alkyl halides is 2. The van der Waals surface area contributed by atoms with Crippen LogP contribution >= 0.6 is 0 Å². The number of phenols is 1. The summed E-state index contributed by atoms with van der Waals surface area (Å²) in [4.78, 5) is 19.5. The van der Waals surface area contributed by atoms with Crippen LogP contribution in [0.5, 0.6) is 5.75 Å². The van der Waals surface area contributed by atoms with Gasteiger partial charge in [-0.2, -0.15) is 13.9 Å². The molecule has 0 radical (unpaired) electrons. The van der Waals surface area contributed by atoms with Gasteiger partial charge in [-0.1, -0.05) is 26.0 Å². The third-order valence-corrected chi connectivity index (χ3v) is 8.49. The van der Waals surface area contributed by atoms with Crippen molar-refractivity contribution in [2.24, 2.45) is 0 Å². The van der Waals surface area contributed by atoms with Crippen LogP contribution in [0.25, 0.3) is 5.69 Å². The lowest BCUT2D eigenvalue weighted by atomic mass is 9.92. The van der Waals surface area contributed by atoms with Gasteiger partial charge in [0.1, 0.15) is 17.1 Å². The van der Waals surface area contributed by atoms with Crippen molar-refractivity contribution in [1.29, 1.82) is 0 Å². The summed E-state index contributed by atoms with van der Waals surface area (Å²) in [6.45, 7) is 7.14. The van der Waals surface area contributed by atoms with Crippen LogP contribution in [0.3, 0.4) is 0 Å². The lowest BCUT2D eigenvalue weighted by Gasteiger charge is -2.36. The highest BCUT2D eigenvalue weighted by molar-refractivity contribution is 5.99. The minimum atomic E-state index is -3.33. The van der Waals surface area contributed by atoms with Gasteiger partial charge in [-0.05, 0) is 67.9 Å². The van der Waals surface area contributed by atoms with Crippen molar-refractivity contribution in [3.05, 3.63) is 76.4 Å². The summed E-state index contributed by atoms with van der Waals surface area (Å²) in [5, 5.41) is 15.9. The Morgan fingerprint density at radius 3 is 2.64 bits per heavy atom. The number of halogens is 2. The molecule has 0 spiro atoms. The normalized spacial score (nSPS) is 20.9. The average molecular weight is 534 g/mol. The SMILES string of the molecule is C=C(C)C(F)(F)c1cc(N)c(C(=O)N2CCc3c4c(nn3-c3ccc(C5CC5)cc3O)C(C)CCCC42)cn1. The van der Waals surface area contributed by atoms with Gasteiger partial charge in [0, 0.05) is 36.3 Å². The number of anilines is 1. The highest BCUT2D eigenvalue weighted by Crippen LogP contribution is 2.46. The fourth-order valence-electron chi connectivity index (χ4n) is 6.07. The molecule has 7 nitrogen and oxygen atoms in total. The number of nitrogens with two attached hydrogens (primary N) is 1. The second-order valence-corrected chi connectivity index (χ2v) is 11.3. The monoisotopic (exact) mass is 533 g/mol. The van der Waals surface area contributed by atoms with Crippen LogP contribution in [0.1, 0.15) is 102 Å². The molecule has 204 valence electrons. The number of amides is 1. The Morgan fingerprint density at radius 2 is 1.97 bits per heavy atom. The maximum absolute atomic E-state index is 14.5. The number of benzene rings is 1. The predicted molar refractivity (Wildman–Crippen MR) is 144 cm³/mol. The number of rotatable bonds is 5. The van der Waals surface area contributed by atoms with E-state index in [4.69, 9.17) is 10.8 Å². The number of hydrogen-bond acceptors (Lipinski definition) is 5. The number of nitrogens with zero attached hydrogens (tertiary/aromatic N) is 4. The highest BCUT2D eigenvalue weighted by atomic mass is 19.3. The van der Waals surface area contributed by atoms with Gasteiger partial charge >= 0.3 is 5.92 Å². The molecule has 9 heteroatoms. The third-order valence-electron chi connectivity index (χ3n) is 8.49. The van der Waals surface area contributed by atoms with E-state index in [0.29, 0.717) is 24.6 Å². The number of pyridine rings is 1. The van der Waals surface area contributed by atoms with Gasteiger partial charge in [0.25, 0.3) is 5.91 Å². The van der Waals surface area contributed by atoms with E-state index in [0.717, 1.165) is 66.9 Å². The van der Waals surface area contributed by atoms with Gasteiger partial charge in [0.15, 0.2) is 0 Å². The van der Waals surface area contributed by atoms with E-state index in [1.807, 2.05) is 16.8 Å². The molecule has 39 heavy (non-hydrogen) atoms. The Labute approximate surface area is 226 Å². The molecule has 2 aromatic heterocycles. The predicted octanol–water partition coefficient (Wildman–Crippen LogP) is 6.13. The molecule has 1 aliphatic heterocycles. The molecule has 2 unspecified atom stereocenters. The number of aromatic hydroxyl groups is 1. The number of aromatic nitrogens is 3. The van der Waals surface area contributed by atoms with E-state index in [9.17, 15) is 18.7 Å². The first-order chi connectivity index (χ1) is 18.6. The number of carbonyl (C=O) groups excluding carboxylic acids is 1. The first-order valence-electron chi connectivity index (χ1n) is 13.6. The molecule has 3 N–H and O–H groups in total. The lowest BCUT2D eigenvalue weighted by Crippen LogP contribution is -2.40. The maximum Gasteiger partial charge on any atom is 0.310 e. The molecule has 2 atom stereocenters. The van der Waals surface area contributed by atoms with Crippen molar-refractivity contribution >= 4 is 11.6 Å². The number of carbonyl (C=O) groups is 1. The minimum absolute atomic E-state index is 0.0321. The molecule has 3 aromatic rings. The fraction of sp³-hybridized carbons (Fsp3) is 0.433. The zero-order chi connectivity index (χ0) is 27.6. The topological polar surface area (TPSA) is 97.3 Å². The third kappa shape index (κ3) is 4.19. The van der Waals surface area contributed by atoms with Crippen LogP contribution in [-0.2, 0) is 12.3 Å². The van der Waals surface area contributed by atoms with Crippen molar-refractivity contribution in [3.8, 4) is 11.4 Å². The number of hydrogen-bond donors (Lipinski definition) is 2. The Bertz CT molecular complexity index is 1490. The molecule has 0 saturated heterocycles. The van der Waals surface area contributed by atoms with Crippen LogP contribution in [0.2, 0.25) is 0 Å². The smallest absolute Gasteiger partial charge is 0.310 e. The van der Waals surface area contributed by atoms with E-state index < -0.39 is 11.6 Å². The van der Waals surface area contributed by atoms with E-state index >= 15 is 0 Å². The molecule has 1 amide bonds. The molecule has 1 aromatic carbocycles. The Kier molecular flexibility index (Phi) is 6.00. The Morgan fingerprint density at radius 1 is 1.21 bits per heavy atom. The molecule has 3 heterocycles. The summed E-state index contributed by atoms with van der Waals surface area (Å²) >= 11 is 0. The fourth-order valence-corrected chi connectivity index (χ4v) is 6.07. The number of nitrogen functional groups attached to an aromatic ring is 1. The quantitative estimate of drug-likeness (QED) is 0.385. The summed E-state index contributed by atoms with van der Waals surface area (Å²) in [6, 6.07) is 6.71. The molecule has 2 aliphatic carbocycles. The second kappa shape index (κ2) is 9.17. The van der Waals surface area contributed by atoms with Gasteiger partial charge in [0.05, 0.1) is 23.0 Å². The lowest BCUT2D eigenvalue weighted by molar-refractivity contribution is 0.0337. The number of phenolic OH excluding ortho intramolecular Hbond substituents is 1. The van der Waals surface area contributed by atoms with Crippen molar-refractivity contribution in [2.75, 3.05) is 12.3 Å². The maximum atomic E-state index is 14.5. The van der Waals surface area contributed by atoms with Gasteiger partial charge < -0.3 is 15.7 Å². The standard InChI is InChI=1S/C30H33F2N5O2/c1-16(2)30(31,32)26-14-21(33)20(15-34-26)29(39)36-12-11-24-27-23(36)6-4-5-17(3)28(27)35-37(24)22-10-9-19(13-25(22)38)18-7-8-18/h9-10,13-15,17-18,23,38H,1,4-8,11-12H2,2-3H3,(H2,33,34). The van der Waals surface area contributed by atoms with Crippen LogP contribution in [0.15, 0.2) is 42.6 Å². The van der Waals surface area contributed by atoms with Crippen molar-refractivity contribution in [1.82, 2.24) is 19.7 Å². The molecule has 6 rings (SSSR count). The summed E-state index contributed by atoms with van der Waals surface area (Å²) in [6.07, 6.45) is 6.62. The average Bonchev–Trinajstić information content (AvgIpc) is 3.70. The first kappa shape index (κ1) is 25.5. The van der Waals surface area contributed by atoms with Crippen LogP contribution in [-0.4, -0.2) is 37.2 Å². The molecule has 0 bridgehead atoms. The van der Waals surface area contributed by atoms with Gasteiger partial charge in [-0.3, -0.25) is 9.78 Å². The van der Waals surface area contributed by atoms with Crippen molar-refractivity contribution in [2.45, 2.75) is 76.2 Å². The summed E-state index contributed by atoms with van der Waals surface area (Å²) in [7, 11) is 0. The zero-order valence-corrected chi connectivity index (χ0v) is 22.3. The van der Waals surface area contributed by atoms with E-state index in [1.54, 1.807) is 4.90 Å². The summed E-state index contributed by atoms with van der Waals surface area (Å²) in [5.74, 6) is -2.72. The number of allylic oxidation sites excluding steroid dienone is 1. The molecule has 3 aliphatic rings. The molecular formula is C30H33F2N5O2. The van der Waals surface area contributed by atoms with Gasteiger partial charge in [-0.25, -0.2) is 4.68 Å². The Balaban J connectivity index is 1.37. The van der Waals surface area contributed by atoms with Crippen LogP contribution < -0.4 is 5.73 Å². The van der Waals surface area contributed by atoms with Crippen molar-refractivity contribution < 1.29 is 18.7 Å². The van der Waals surface area contributed by atoms with Gasteiger partial charge in [-0.15, -0.1) is 0 Å². The van der Waals surface area contributed by atoms with E-state index in [1.165, 1.54) is 6.92 Å². The molecule has 1 fully saturated rings. The molecular weight excluding hydrogens is 500 g/mol.